The summed E-state index contributed by atoms with van der Waals surface area (Å²) in [5.74, 6) is 3.15. The van der Waals surface area contributed by atoms with Gasteiger partial charge in [-0.1, -0.05) is 13.8 Å². The normalized spacial score (nSPS) is 11.2. The largest absolute Gasteiger partial charge is 0.368 e. The molecule has 21 heavy (non-hydrogen) atoms. The van der Waals surface area contributed by atoms with Crippen LogP contribution in [0.25, 0.3) is 0 Å². The zero-order chi connectivity index (χ0) is 15.2. The molecule has 4 N–H and O–H groups in total. The van der Waals surface area contributed by atoms with E-state index in [-0.39, 0.29) is 11.9 Å². The molecule has 0 bridgehead atoms. The van der Waals surface area contributed by atoms with Gasteiger partial charge in [-0.05, 0) is 18.8 Å². The molecule has 114 valence electrons. The summed E-state index contributed by atoms with van der Waals surface area (Å²) < 4.78 is 0. The first-order chi connectivity index (χ1) is 10.0. The first-order valence-corrected chi connectivity index (χ1v) is 8.83. The van der Waals surface area contributed by atoms with Crippen molar-refractivity contribution in [3.05, 3.63) is 21.9 Å². The fraction of sp³-hybridized carbons (Fsp3) is 0.538. The number of aryl methyl sites for hydroxylation is 1. The molecule has 2 aromatic rings. The lowest BCUT2D eigenvalue weighted by molar-refractivity contribution is 0.585. The van der Waals surface area contributed by atoms with Crippen molar-refractivity contribution in [1.82, 2.24) is 19.9 Å². The summed E-state index contributed by atoms with van der Waals surface area (Å²) in [6.45, 7) is 4.47. The third-order valence-corrected chi connectivity index (χ3v) is 4.65. The molecule has 8 heteroatoms. The van der Waals surface area contributed by atoms with Crippen LogP contribution in [0.15, 0.2) is 5.38 Å². The van der Waals surface area contributed by atoms with Gasteiger partial charge < -0.3 is 11.5 Å². The van der Waals surface area contributed by atoms with Crippen molar-refractivity contribution in [1.29, 1.82) is 0 Å². The summed E-state index contributed by atoms with van der Waals surface area (Å²) in [4.78, 5) is 16.5. The van der Waals surface area contributed by atoms with Crippen LogP contribution in [-0.2, 0) is 17.9 Å². The van der Waals surface area contributed by atoms with Crippen molar-refractivity contribution in [2.45, 2.75) is 38.2 Å². The van der Waals surface area contributed by atoms with Crippen molar-refractivity contribution < 1.29 is 0 Å². The van der Waals surface area contributed by atoms with Crippen LogP contribution < -0.4 is 11.5 Å². The topological polar surface area (TPSA) is 104 Å². The predicted molar refractivity (Wildman–Crippen MR) is 88.9 cm³/mol. The first-order valence-electron chi connectivity index (χ1n) is 6.80. The Labute approximate surface area is 132 Å². The van der Waals surface area contributed by atoms with E-state index in [9.17, 15) is 0 Å². The highest BCUT2D eigenvalue weighted by atomic mass is 32.2. The van der Waals surface area contributed by atoms with Crippen LogP contribution >= 0.6 is 23.1 Å². The lowest BCUT2D eigenvalue weighted by Crippen LogP contribution is -2.06. The molecule has 0 spiro atoms. The van der Waals surface area contributed by atoms with E-state index in [4.69, 9.17) is 11.5 Å². The number of thioether (sulfide) groups is 1. The molecule has 2 aromatic heterocycles. The van der Waals surface area contributed by atoms with Gasteiger partial charge in [0.25, 0.3) is 0 Å². The van der Waals surface area contributed by atoms with Crippen molar-refractivity contribution in [2.75, 3.05) is 11.5 Å². The molecule has 0 unspecified atom stereocenters. The predicted octanol–water partition coefficient (Wildman–Crippen LogP) is 2.51. The molecule has 0 amide bonds. The summed E-state index contributed by atoms with van der Waals surface area (Å²) >= 11 is 3.43. The number of nitrogens with two attached hydrogens (primary N) is 2. The van der Waals surface area contributed by atoms with Crippen LogP contribution in [0.4, 0.5) is 11.9 Å². The van der Waals surface area contributed by atoms with E-state index in [0.717, 1.165) is 17.9 Å². The number of aromatic nitrogens is 4. The average Bonchev–Trinajstić information content (AvgIpc) is 2.83. The number of nitrogens with zero attached hydrogens (tertiary/aromatic N) is 4. The lowest BCUT2D eigenvalue weighted by Gasteiger charge is -2.01. The molecular weight excluding hydrogens is 304 g/mol. The third-order valence-electron chi connectivity index (χ3n) is 2.73. The molecule has 0 saturated heterocycles. The van der Waals surface area contributed by atoms with E-state index in [1.807, 2.05) is 0 Å². The van der Waals surface area contributed by atoms with Crippen molar-refractivity contribution in [3.63, 3.8) is 0 Å². The molecule has 0 saturated carbocycles. The SMILES string of the molecule is CC(C)CCc1nc(CSCc2nc(N)nc(N)n2)cs1. The van der Waals surface area contributed by atoms with Gasteiger partial charge in [0, 0.05) is 11.1 Å². The fourth-order valence-corrected chi connectivity index (χ4v) is 3.40. The Morgan fingerprint density at radius 1 is 1.10 bits per heavy atom. The second-order valence-electron chi connectivity index (χ2n) is 5.13. The molecule has 0 radical (unpaired) electrons. The van der Waals surface area contributed by atoms with Gasteiger partial charge in [-0.2, -0.15) is 15.0 Å². The fourth-order valence-electron chi connectivity index (χ4n) is 1.71. The van der Waals surface area contributed by atoms with Gasteiger partial charge in [-0.3, -0.25) is 0 Å². The Kier molecular flexibility index (Phi) is 5.75. The van der Waals surface area contributed by atoms with E-state index < -0.39 is 0 Å². The molecular formula is C13H20N6S2. The van der Waals surface area contributed by atoms with Crippen molar-refractivity contribution in [2.24, 2.45) is 5.92 Å². The van der Waals surface area contributed by atoms with Crippen LogP contribution in [0.5, 0.6) is 0 Å². The monoisotopic (exact) mass is 324 g/mol. The van der Waals surface area contributed by atoms with Gasteiger partial charge in [0.1, 0.15) is 5.82 Å². The highest BCUT2D eigenvalue weighted by Crippen LogP contribution is 2.20. The number of anilines is 2. The van der Waals surface area contributed by atoms with Gasteiger partial charge in [0.15, 0.2) is 0 Å². The van der Waals surface area contributed by atoms with Gasteiger partial charge in [0.2, 0.25) is 11.9 Å². The smallest absolute Gasteiger partial charge is 0.225 e. The summed E-state index contributed by atoms with van der Waals surface area (Å²) in [5, 5.41) is 3.34. The summed E-state index contributed by atoms with van der Waals surface area (Å²) in [6.07, 6.45) is 2.25. The second-order valence-corrected chi connectivity index (χ2v) is 7.05. The second kappa shape index (κ2) is 7.56. The van der Waals surface area contributed by atoms with E-state index in [0.29, 0.717) is 17.5 Å². The minimum Gasteiger partial charge on any atom is -0.368 e. The summed E-state index contributed by atoms with van der Waals surface area (Å²) in [6, 6.07) is 0. The van der Waals surface area contributed by atoms with E-state index in [1.54, 1.807) is 23.1 Å². The third kappa shape index (κ3) is 5.47. The Hall–Kier alpha value is -1.41. The highest BCUT2D eigenvalue weighted by Gasteiger charge is 2.06. The zero-order valence-electron chi connectivity index (χ0n) is 12.2. The summed E-state index contributed by atoms with van der Waals surface area (Å²) in [5.41, 5.74) is 12.2. The average molecular weight is 324 g/mol. The minimum atomic E-state index is 0.169. The van der Waals surface area contributed by atoms with Gasteiger partial charge in [-0.25, -0.2) is 4.98 Å². The molecule has 0 atom stereocenters. The number of nitrogen functional groups attached to an aromatic ring is 2. The molecule has 2 heterocycles. The Balaban J connectivity index is 1.80. The van der Waals surface area contributed by atoms with Crippen molar-refractivity contribution >= 4 is 35.0 Å². The molecule has 0 aliphatic carbocycles. The number of thiazole rings is 1. The zero-order valence-corrected chi connectivity index (χ0v) is 13.9. The molecule has 0 fully saturated rings. The van der Waals surface area contributed by atoms with E-state index in [1.165, 1.54) is 11.4 Å². The maximum Gasteiger partial charge on any atom is 0.225 e. The van der Waals surface area contributed by atoms with Crippen LogP contribution in [0.2, 0.25) is 0 Å². The molecule has 2 rings (SSSR count). The summed E-state index contributed by atoms with van der Waals surface area (Å²) in [7, 11) is 0. The van der Waals surface area contributed by atoms with Gasteiger partial charge in [0.05, 0.1) is 16.5 Å². The van der Waals surface area contributed by atoms with E-state index in [2.05, 4.69) is 39.2 Å². The molecule has 0 aromatic carbocycles. The standard InChI is InChI=1S/C13H20N6S2/c1-8(2)3-4-11-16-9(6-21-11)5-20-7-10-17-12(14)19-13(15)18-10/h6,8H,3-5,7H2,1-2H3,(H4,14,15,17,18,19). The number of hydrogen-bond donors (Lipinski definition) is 2. The molecule has 0 aliphatic rings. The van der Waals surface area contributed by atoms with Crippen LogP contribution in [0.3, 0.4) is 0 Å². The minimum absolute atomic E-state index is 0.169. The lowest BCUT2D eigenvalue weighted by atomic mass is 10.1. The quantitative estimate of drug-likeness (QED) is 0.806. The molecule has 0 aliphatic heterocycles. The maximum atomic E-state index is 5.54. The van der Waals surface area contributed by atoms with Gasteiger partial charge in [-0.15, -0.1) is 23.1 Å². The Morgan fingerprint density at radius 2 is 1.81 bits per heavy atom. The Bertz CT molecular complexity index is 564. The first kappa shape index (κ1) is 16.0. The number of rotatable bonds is 7. The van der Waals surface area contributed by atoms with Crippen molar-refractivity contribution in [3.8, 4) is 0 Å². The van der Waals surface area contributed by atoms with Crippen LogP contribution in [0, 0.1) is 5.92 Å². The highest BCUT2D eigenvalue weighted by molar-refractivity contribution is 7.97. The van der Waals surface area contributed by atoms with Crippen LogP contribution in [-0.4, -0.2) is 19.9 Å². The molecule has 6 nitrogen and oxygen atoms in total. The van der Waals surface area contributed by atoms with E-state index >= 15 is 0 Å². The van der Waals surface area contributed by atoms with Gasteiger partial charge >= 0.3 is 0 Å². The maximum absolute atomic E-state index is 5.54. The van der Waals surface area contributed by atoms with Crippen LogP contribution in [0.1, 0.15) is 36.8 Å². The number of hydrogen-bond acceptors (Lipinski definition) is 8. The Morgan fingerprint density at radius 3 is 2.48 bits per heavy atom.